The third kappa shape index (κ3) is 3.78. The van der Waals surface area contributed by atoms with Crippen LogP contribution in [0.1, 0.15) is 12.0 Å². The highest BCUT2D eigenvalue weighted by Gasteiger charge is 2.45. The number of carbonyl (C=O) groups is 1. The first-order valence-electron chi connectivity index (χ1n) is 6.02. The van der Waals surface area contributed by atoms with Crippen LogP contribution in [0.2, 0.25) is 0 Å². The van der Waals surface area contributed by atoms with Gasteiger partial charge < -0.3 is 15.4 Å². The molecule has 1 aliphatic rings. The van der Waals surface area contributed by atoms with Crippen molar-refractivity contribution in [3.8, 4) is 5.88 Å². The molecular formula is C12H14BrF2N3O2. The number of carbonyl (C=O) groups excluding carboxylic acids is 1. The standard InChI is InChI=1S/C12H14BrF2N3O2/c1-20-11-6(2-7(13)5-16-11)4-17-12(19)18-9-3-8(9)10(14)15/h2,5,8-10H,3-4H2,1H3,(H2,17,18,19)/t8-,9+/m0/s1. The van der Waals surface area contributed by atoms with E-state index < -0.39 is 24.4 Å². The lowest BCUT2D eigenvalue weighted by atomic mass is 10.2. The molecule has 5 nitrogen and oxygen atoms in total. The smallest absolute Gasteiger partial charge is 0.315 e. The molecule has 1 aromatic rings. The summed E-state index contributed by atoms with van der Waals surface area (Å²) in [5.41, 5.74) is 0.693. The molecule has 0 aliphatic heterocycles. The zero-order valence-electron chi connectivity index (χ0n) is 10.7. The summed E-state index contributed by atoms with van der Waals surface area (Å²) in [5, 5.41) is 5.10. The minimum absolute atomic E-state index is 0.202. The summed E-state index contributed by atoms with van der Waals surface area (Å²) in [6, 6.07) is 0.864. The van der Waals surface area contributed by atoms with Crippen molar-refractivity contribution in [1.82, 2.24) is 15.6 Å². The van der Waals surface area contributed by atoms with Gasteiger partial charge in [-0.05, 0) is 28.4 Å². The quantitative estimate of drug-likeness (QED) is 0.857. The predicted molar refractivity (Wildman–Crippen MR) is 71.8 cm³/mol. The molecule has 8 heteroatoms. The second-order valence-corrected chi connectivity index (χ2v) is 5.41. The van der Waals surface area contributed by atoms with Gasteiger partial charge in [0, 0.05) is 34.7 Å². The summed E-state index contributed by atoms with van der Waals surface area (Å²) in [6.45, 7) is 0.202. The molecule has 2 amide bonds. The molecule has 1 aromatic heterocycles. The van der Waals surface area contributed by atoms with Gasteiger partial charge in [0.25, 0.3) is 0 Å². The van der Waals surface area contributed by atoms with Crippen molar-refractivity contribution in [2.75, 3.05) is 7.11 Å². The summed E-state index contributed by atoms with van der Waals surface area (Å²) in [6.07, 6.45) is -0.471. The number of rotatable bonds is 5. The van der Waals surface area contributed by atoms with Crippen LogP contribution in [0.15, 0.2) is 16.7 Å². The zero-order valence-corrected chi connectivity index (χ0v) is 12.3. The van der Waals surface area contributed by atoms with Crippen molar-refractivity contribution in [2.24, 2.45) is 5.92 Å². The Hall–Kier alpha value is -1.44. The molecule has 2 rings (SSSR count). The van der Waals surface area contributed by atoms with Gasteiger partial charge in [-0.3, -0.25) is 0 Å². The van der Waals surface area contributed by atoms with Crippen LogP contribution in [0.3, 0.4) is 0 Å². The van der Waals surface area contributed by atoms with E-state index in [1.807, 2.05) is 0 Å². The van der Waals surface area contributed by atoms with E-state index in [2.05, 4.69) is 31.5 Å². The number of amides is 2. The van der Waals surface area contributed by atoms with E-state index >= 15 is 0 Å². The third-order valence-electron chi connectivity index (χ3n) is 3.00. The van der Waals surface area contributed by atoms with Gasteiger partial charge in [-0.15, -0.1) is 0 Å². The molecule has 1 aliphatic carbocycles. The van der Waals surface area contributed by atoms with Crippen molar-refractivity contribution in [3.05, 3.63) is 22.3 Å². The molecule has 20 heavy (non-hydrogen) atoms. The molecular weight excluding hydrogens is 336 g/mol. The summed E-state index contributed by atoms with van der Waals surface area (Å²) in [5.74, 6) is -0.312. The Morgan fingerprint density at radius 3 is 3.00 bits per heavy atom. The monoisotopic (exact) mass is 349 g/mol. The van der Waals surface area contributed by atoms with Crippen LogP contribution in [-0.2, 0) is 6.54 Å². The maximum Gasteiger partial charge on any atom is 0.315 e. The van der Waals surface area contributed by atoms with E-state index in [9.17, 15) is 13.6 Å². The van der Waals surface area contributed by atoms with Gasteiger partial charge in [-0.2, -0.15) is 0 Å². The Morgan fingerprint density at radius 1 is 1.65 bits per heavy atom. The van der Waals surface area contributed by atoms with E-state index in [1.54, 1.807) is 12.3 Å². The Kier molecular flexibility index (Phi) is 4.74. The number of hydrogen-bond acceptors (Lipinski definition) is 3. The number of nitrogens with zero attached hydrogens (tertiary/aromatic N) is 1. The maximum atomic E-state index is 12.3. The highest BCUT2D eigenvalue weighted by Crippen LogP contribution is 2.35. The second-order valence-electron chi connectivity index (χ2n) is 4.49. The summed E-state index contributed by atoms with van der Waals surface area (Å²) in [7, 11) is 1.48. The van der Waals surface area contributed by atoms with Crippen molar-refractivity contribution in [1.29, 1.82) is 0 Å². The Labute approximate surface area is 123 Å². The normalized spacial score (nSPS) is 20.6. The lowest BCUT2D eigenvalue weighted by molar-refractivity contribution is 0.119. The van der Waals surface area contributed by atoms with E-state index in [1.165, 1.54) is 7.11 Å². The number of aromatic nitrogens is 1. The number of methoxy groups -OCH3 is 1. The second kappa shape index (κ2) is 6.34. The summed E-state index contributed by atoms with van der Waals surface area (Å²) in [4.78, 5) is 15.6. The van der Waals surface area contributed by atoms with E-state index in [4.69, 9.17) is 4.74 Å². The van der Waals surface area contributed by atoms with Crippen molar-refractivity contribution in [2.45, 2.75) is 25.4 Å². The van der Waals surface area contributed by atoms with Gasteiger partial charge in [0.05, 0.1) is 7.11 Å². The number of hydrogen-bond donors (Lipinski definition) is 2. The zero-order chi connectivity index (χ0) is 14.7. The van der Waals surface area contributed by atoms with Crippen molar-refractivity contribution < 1.29 is 18.3 Å². The topological polar surface area (TPSA) is 63.2 Å². The van der Waals surface area contributed by atoms with Gasteiger partial charge >= 0.3 is 6.03 Å². The number of ether oxygens (including phenoxy) is 1. The molecule has 0 aromatic carbocycles. The van der Waals surface area contributed by atoms with Gasteiger partial charge in [-0.25, -0.2) is 18.6 Å². The largest absolute Gasteiger partial charge is 0.481 e. The molecule has 110 valence electrons. The first-order valence-corrected chi connectivity index (χ1v) is 6.81. The predicted octanol–water partition coefficient (Wildman–Crippen LogP) is 2.31. The lowest BCUT2D eigenvalue weighted by Gasteiger charge is -2.10. The molecule has 0 radical (unpaired) electrons. The Bertz CT molecular complexity index is 502. The van der Waals surface area contributed by atoms with Gasteiger partial charge in [0.2, 0.25) is 12.3 Å². The van der Waals surface area contributed by atoms with E-state index in [0.29, 0.717) is 17.9 Å². The fourth-order valence-electron chi connectivity index (χ4n) is 1.83. The number of urea groups is 1. The van der Waals surface area contributed by atoms with Gasteiger partial charge in [0.15, 0.2) is 0 Å². The third-order valence-corrected chi connectivity index (χ3v) is 3.44. The molecule has 1 fully saturated rings. The minimum atomic E-state index is -2.38. The van der Waals surface area contributed by atoms with Crippen LogP contribution in [0.4, 0.5) is 13.6 Å². The van der Waals surface area contributed by atoms with Crippen LogP contribution in [0.25, 0.3) is 0 Å². The molecule has 2 atom stereocenters. The van der Waals surface area contributed by atoms with Crippen LogP contribution in [0.5, 0.6) is 5.88 Å². The first-order chi connectivity index (χ1) is 9.51. The van der Waals surface area contributed by atoms with E-state index in [0.717, 1.165) is 4.47 Å². The molecule has 1 saturated carbocycles. The fraction of sp³-hybridized carbons (Fsp3) is 0.500. The van der Waals surface area contributed by atoms with E-state index in [-0.39, 0.29) is 6.54 Å². The SMILES string of the molecule is COc1ncc(Br)cc1CNC(=O)N[C@@H]1C[C@@H]1C(F)F. The van der Waals surface area contributed by atoms with Crippen LogP contribution in [-0.4, -0.2) is 30.6 Å². The fourth-order valence-corrected chi connectivity index (χ4v) is 2.21. The van der Waals surface area contributed by atoms with Gasteiger partial charge in [-0.1, -0.05) is 0 Å². The highest BCUT2D eigenvalue weighted by atomic mass is 79.9. The number of pyridine rings is 1. The minimum Gasteiger partial charge on any atom is -0.481 e. The highest BCUT2D eigenvalue weighted by molar-refractivity contribution is 9.10. The number of alkyl halides is 2. The molecule has 0 spiro atoms. The average Bonchev–Trinajstić information content (AvgIpc) is 3.16. The molecule has 0 bridgehead atoms. The summed E-state index contributed by atoms with van der Waals surface area (Å²) >= 11 is 3.28. The molecule has 2 N–H and O–H groups in total. The molecule has 0 saturated heterocycles. The van der Waals surface area contributed by atoms with Crippen molar-refractivity contribution >= 4 is 22.0 Å². The average molecular weight is 350 g/mol. The number of halogens is 3. The molecule has 1 heterocycles. The van der Waals surface area contributed by atoms with Crippen LogP contribution in [0, 0.1) is 5.92 Å². The number of nitrogens with one attached hydrogen (secondary N) is 2. The van der Waals surface area contributed by atoms with Crippen LogP contribution < -0.4 is 15.4 Å². The molecule has 0 unspecified atom stereocenters. The Morgan fingerprint density at radius 2 is 2.40 bits per heavy atom. The Balaban J connectivity index is 1.83. The van der Waals surface area contributed by atoms with Gasteiger partial charge in [0.1, 0.15) is 0 Å². The summed E-state index contributed by atoms with van der Waals surface area (Å²) < 4.78 is 30.5. The first kappa shape index (κ1) is 15.0. The van der Waals surface area contributed by atoms with Crippen molar-refractivity contribution in [3.63, 3.8) is 0 Å². The van der Waals surface area contributed by atoms with Crippen LogP contribution >= 0.6 is 15.9 Å². The maximum absolute atomic E-state index is 12.3. The lowest BCUT2D eigenvalue weighted by Crippen LogP contribution is -2.37.